The highest BCUT2D eigenvalue weighted by Gasteiger charge is 2.26. The van der Waals surface area contributed by atoms with Crippen LogP contribution in [-0.2, 0) is 14.9 Å². The molecule has 0 amide bonds. The van der Waals surface area contributed by atoms with Crippen LogP contribution in [0.1, 0.15) is 6.92 Å². The van der Waals surface area contributed by atoms with Crippen molar-refractivity contribution in [3.63, 3.8) is 0 Å². The average Bonchev–Trinajstić information content (AvgIpc) is 2.51. The van der Waals surface area contributed by atoms with Crippen LogP contribution in [0.25, 0.3) is 0 Å². The summed E-state index contributed by atoms with van der Waals surface area (Å²) in [6.45, 7) is 4.22. The van der Waals surface area contributed by atoms with E-state index < -0.39 is 10.2 Å². The first-order chi connectivity index (χ1) is 7.05. The van der Waals surface area contributed by atoms with Gasteiger partial charge in [-0.05, 0) is 12.5 Å². The van der Waals surface area contributed by atoms with Crippen LogP contribution in [-0.4, -0.2) is 47.8 Å². The smallest absolute Gasteiger partial charge is 0.277 e. The summed E-state index contributed by atoms with van der Waals surface area (Å²) in [7, 11) is -1.86. The minimum Gasteiger partial charge on any atom is -0.383 e. The van der Waals surface area contributed by atoms with Gasteiger partial charge in [0.15, 0.2) is 0 Å². The molecule has 1 fully saturated rings. The molecule has 15 heavy (non-hydrogen) atoms. The third-order valence-corrected chi connectivity index (χ3v) is 3.62. The molecule has 1 rings (SSSR count). The van der Waals surface area contributed by atoms with Crippen molar-refractivity contribution in [2.45, 2.75) is 13.0 Å². The molecule has 90 valence electrons. The molecule has 0 bridgehead atoms. The average molecular weight is 237 g/mol. The molecule has 0 saturated carbocycles. The molecular weight excluding hydrogens is 218 g/mol. The number of hydrogen-bond acceptors (Lipinski definition) is 4. The number of methoxy groups -OCH3 is 1. The Kier molecular flexibility index (Phi) is 4.94. The molecule has 3 N–H and O–H groups in total. The zero-order valence-corrected chi connectivity index (χ0v) is 9.93. The summed E-state index contributed by atoms with van der Waals surface area (Å²) >= 11 is 0. The molecule has 1 aliphatic rings. The van der Waals surface area contributed by atoms with Crippen LogP contribution in [0.4, 0.5) is 0 Å². The molecule has 1 heterocycles. The van der Waals surface area contributed by atoms with E-state index >= 15 is 0 Å². The molecule has 2 unspecified atom stereocenters. The molecular formula is C8H19N3O3S. The Balaban J connectivity index is 2.35. The number of rotatable bonds is 6. The molecule has 1 saturated heterocycles. The lowest BCUT2D eigenvalue weighted by atomic mass is 10.1. The van der Waals surface area contributed by atoms with Gasteiger partial charge in [-0.1, -0.05) is 6.92 Å². The maximum atomic E-state index is 11.5. The lowest BCUT2D eigenvalue weighted by Crippen LogP contribution is -2.46. The van der Waals surface area contributed by atoms with Gasteiger partial charge in [0.2, 0.25) is 0 Å². The van der Waals surface area contributed by atoms with Crippen molar-refractivity contribution in [2.24, 2.45) is 5.92 Å². The maximum absolute atomic E-state index is 11.5. The molecule has 0 aromatic carbocycles. The lowest BCUT2D eigenvalue weighted by molar-refractivity contribution is 0.204. The summed E-state index contributed by atoms with van der Waals surface area (Å²) in [5, 5.41) is 3.13. The molecule has 0 aromatic heterocycles. The molecule has 0 aliphatic carbocycles. The first kappa shape index (κ1) is 12.9. The fourth-order valence-electron chi connectivity index (χ4n) is 1.49. The van der Waals surface area contributed by atoms with Gasteiger partial charge >= 0.3 is 0 Å². The van der Waals surface area contributed by atoms with Gasteiger partial charge in [0, 0.05) is 26.2 Å². The summed E-state index contributed by atoms with van der Waals surface area (Å²) in [4.78, 5) is 0. The predicted molar refractivity (Wildman–Crippen MR) is 57.8 cm³/mol. The van der Waals surface area contributed by atoms with E-state index in [1.54, 1.807) is 0 Å². The molecule has 0 spiro atoms. The third-order valence-electron chi connectivity index (χ3n) is 2.42. The van der Waals surface area contributed by atoms with Crippen LogP contribution in [0.15, 0.2) is 0 Å². The number of nitrogens with one attached hydrogen (secondary N) is 3. The summed E-state index contributed by atoms with van der Waals surface area (Å²) in [6.07, 6.45) is 0. The highest BCUT2D eigenvalue weighted by atomic mass is 32.2. The maximum Gasteiger partial charge on any atom is 0.277 e. The number of hydrogen-bond donors (Lipinski definition) is 3. The van der Waals surface area contributed by atoms with Crippen molar-refractivity contribution in [3.8, 4) is 0 Å². The Morgan fingerprint density at radius 2 is 2.20 bits per heavy atom. The van der Waals surface area contributed by atoms with Gasteiger partial charge in [-0.3, -0.25) is 0 Å². The minimum atomic E-state index is -3.39. The Labute approximate surface area is 90.9 Å². The van der Waals surface area contributed by atoms with Crippen LogP contribution in [0.3, 0.4) is 0 Å². The van der Waals surface area contributed by atoms with E-state index in [4.69, 9.17) is 4.74 Å². The molecule has 0 radical (unpaired) electrons. The van der Waals surface area contributed by atoms with Crippen molar-refractivity contribution < 1.29 is 13.2 Å². The van der Waals surface area contributed by atoms with Gasteiger partial charge < -0.3 is 10.1 Å². The van der Waals surface area contributed by atoms with Gasteiger partial charge in [0.25, 0.3) is 10.2 Å². The first-order valence-electron chi connectivity index (χ1n) is 5.02. The van der Waals surface area contributed by atoms with Crippen LogP contribution in [0, 0.1) is 5.92 Å². The van der Waals surface area contributed by atoms with Crippen LogP contribution in [0.5, 0.6) is 0 Å². The van der Waals surface area contributed by atoms with Crippen molar-refractivity contribution in [3.05, 3.63) is 0 Å². The minimum absolute atomic E-state index is 0.0231. The van der Waals surface area contributed by atoms with Crippen molar-refractivity contribution in [1.29, 1.82) is 0 Å². The Morgan fingerprint density at radius 1 is 1.47 bits per heavy atom. The predicted octanol–water partition coefficient (Wildman–Crippen LogP) is -1.34. The van der Waals surface area contributed by atoms with Crippen LogP contribution < -0.4 is 14.8 Å². The Morgan fingerprint density at radius 3 is 2.73 bits per heavy atom. The van der Waals surface area contributed by atoms with Gasteiger partial charge in [-0.25, -0.2) is 0 Å². The zero-order valence-electron chi connectivity index (χ0n) is 9.12. The molecule has 2 atom stereocenters. The Bertz CT molecular complexity index is 281. The van der Waals surface area contributed by atoms with Crippen molar-refractivity contribution >= 4 is 10.2 Å². The number of ether oxygens (including phenoxy) is 1. The van der Waals surface area contributed by atoms with E-state index in [0.717, 1.165) is 6.54 Å². The largest absolute Gasteiger partial charge is 0.383 e. The standard InChI is InChI=1S/C8H19N3O3S/c1-7-5-9-6-8(7)11-15(12,13)10-3-4-14-2/h7-11H,3-6H2,1-2H3. The second-order valence-electron chi connectivity index (χ2n) is 3.75. The van der Waals surface area contributed by atoms with Crippen molar-refractivity contribution in [2.75, 3.05) is 33.4 Å². The van der Waals surface area contributed by atoms with Crippen LogP contribution in [0.2, 0.25) is 0 Å². The molecule has 0 aromatic rings. The van der Waals surface area contributed by atoms with E-state index in [9.17, 15) is 8.42 Å². The van der Waals surface area contributed by atoms with Gasteiger partial charge in [0.1, 0.15) is 0 Å². The summed E-state index contributed by atoms with van der Waals surface area (Å²) < 4.78 is 32.8. The molecule has 1 aliphatic heterocycles. The molecule has 7 heteroatoms. The van der Waals surface area contributed by atoms with E-state index in [1.807, 2.05) is 6.92 Å². The zero-order chi connectivity index (χ0) is 11.3. The second-order valence-corrected chi connectivity index (χ2v) is 5.28. The summed E-state index contributed by atoms with van der Waals surface area (Å²) in [6, 6.07) is -0.0231. The lowest BCUT2D eigenvalue weighted by Gasteiger charge is -2.16. The van der Waals surface area contributed by atoms with E-state index in [1.165, 1.54) is 7.11 Å². The molecule has 6 nitrogen and oxygen atoms in total. The second kappa shape index (κ2) is 5.76. The van der Waals surface area contributed by atoms with E-state index in [0.29, 0.717) is 25.6 Å². The van der Waals surface area contributed by atoms with Gasteiger partial charge in [-0.2, -0.15) is 17.9 Å². The van der Waals surface area contributed by atoms with Crippen molar-refractivity contribution in [1.82, 2.24) is 14.8 Å². The van der Waals surface area contributed by atoms with Gasteiger partial charge in [0.05, 0.1) is 6.61 Å². The summed E-state index contributed by atoms with van der Waals surface area (Å²) in [5.74, 6) is 0.323. The highest BCUT2D eigenvalue weighted by molar-refractivity contribution is 7.87. The van der Waals surface area contributed by atoms with E-state index in [-0.39, 0.29) is 6.04 Å². The topological polar surface area (TPSA) is 79.5 Å². The fourth-order valence-corrected chi connectivity index (χ4v) is 2.64. The van der Waals surface area contributed by atoms with E-state index in [2.05, 4.69) is 14.8 Å². The monoisotopic (exact) mass is 237 g/mol. The quantitative estimate of drug-likeness (QED) is 0.500. The van der Waals surface area contributed by atoms with Gasteiger partial charge in [-0.15, -0.1) is 0 Å². The normalized spacial score (nSPS) is 27.1. The fraction of sp³-hybridized carbons (Fsp3) is 1.00. The third kappa shape index (κ3) is 4.43. The summed E-state index contributed by atoms with van der Waals surface area (Å²) in [5.41, 5.74) is 0. The SMILES string of the molecule is COCCNS(=O)(=O)NC1CNCC1C. The Hall–Kier alpha value is -0.210. The van der Waals surface area contributed by atoms with Crippen LogP contribution >= 0.6 is 0 Å². The highest BCUT2D eigenvalue weighted by Crippen LogP contribution is 2.07. The first-order valence-corrected chi connectivity index (χ1v) is 6.50.